The smallest absolute Gasteiger partial charge is 0.312 e. The third-order valence-corrected chi connectivity index (χ3v) is 3.98. The van der Waals surface area contributed by atoms with Crippen LogP contribution in [0, 0.1) is 5.41 Å². The number of hydrogen-bond acceptors (Lipinski definition) is 4. The van der Waals surface area contributed by atoms with Crippen molar-refractivity contribution in [2.45, 2.75) is 31.3 Å². The fourth-order valence-corrected chi connectivity index (χ4v) is 2.89. The Morgan fingerprint density at radius 2 is 1.94 bits per heavy atom. The van der Waals surface area contributed by atoms with Gasteiger partial charge in [0, 0.05) is 6.61 Å². The molecule has 5 heteroatoms. The molecule has 5 nitrogen and oxygen atoms in total. The molecule has 0 amide bonds. The van der Waals surface area contributed by atoms with E-state index in [-0.39, 0.29) is 6.61 Å². The molecular weight excluding hydrogens is 210 g/mol. The summed E-state index contributed by atoms with van der Waals surface area (Å²) in [5.74, 6) is -0.887. The standard InChI is InChI=1S/C11H19NO4/c13-9(14)10(3-5-12-6-4-10)11(15)2-1-7-16-8-11/h12,15H,1-8H2,(H,13,14). The first-order valence-corrected chi connectivity index (χ1v) is 5.85. The summed E-state index contributed by atoms with van der Waals surface area (Å²) in [7, 11) is 0. The molecule has 0 radical (unpaired) electrons. The van der Waals surface area contributed by atoms with Gasteiger partial charge in [-0.05, 0) is 38.8 Å². The SMILES string of the molecule is O=C(O)C1(C2(O)CCCOC2)CCNCC1. The highest BCUT2D eigenvalue weighted by atomic mass is 16.5. The van der Waals surface area contributed by atoms with Crippen molar-refractivity contribution in [2.24, 2.45) is 5.41 Å². The minimum Gasteiger partial charge on any atom is -0.481 e. The van der Waals surface area contributed by atoms with Crippen LogP contribution < -0.4 is 5.32 Å². The molecule has 0 aromatic carbocycles. The zero-order valence-electron chi connectivity index (χ0n) is 9.37. The number of carbonyl (C=O) groups is 1. The Balaban J connectivity index is 2.26. The number of aliphatic carboxylic acids is 1. The molecule has 3 N–H and O–H groups in total. The monoisotopic (exact) mass is 229 g/mol. The molecule has 16 heavy (non-hydrogen) atoms. The summed E-state index contributed by atoms with van der Waals surface area (Å²) in [6.45, 7) is 2.07. The number of hydrogen-bond donors (Lipinski definition) is 3. The number of aliphatic hydroxyl groups is 1. The molecule has 2 fully saturated rings. The van der Waals surface area contributed by atoms with E-state index in [1.807, 2.05) is 0 Å². The van der Waals surface area contributed by atoms with Crippen LogP contribution in [0.15, 0.2) is 0 Å². The molecule has 0 spiro atoms. The lowest BCUT2D eigenvalue weighted by molar-refractivity contribution is -0.196. The van der Waals surface area contributed by atoms with Crippen LogP contribution in [0.1, 0.15) is 25.7 Å². The van der Waals surface area contributed by atoms with Gasteiger partial charge in [-0.1, -0.05) is 0 Å². The number of piperidine rings is 1. The molecule has 0 aromatic heterocycles. The molecular formula is C11H19NO4. The fourth-order valence-electron chi connectivity index (χ4n) is 2.89. The number of carboxylic acid groups (broad SMARTS) is 1. The van der Waals surface area contributed by atoms with Gasteiger partial charge in [-0.25, -0.2) is 0 Å². The van der Waals surface area contributed by atoms with Crippen molar-refractivity contribution in [1.29, 1.82) is 0 Å². The molecule has 0 saturated carbocycles. The zero-order chi connectivity index (χ0) is 11.6. The van der Waals surface area contributed by atoms with E-state index < -0.39 is 17.0 Å². The molecule has 1 atom stereocenters. The van der Waals surface area contributed by atoms with E-state index in [1.165, 1.54) is 0 Å². The molecule has 0 aromatic rings. The quantitative estimate of drug-likeness (QED) is 0.620. The van der Waals surface area contributed by atoms with Crippen molar-refractivity contribution in [2.75, 3.05) is 26.3 Å². The third-order valence-electron chi connectivity index (χ3n) is 3.98. The minimum atomic E-state index is -1.20. The first-order valence-electron chi connectivity index (χ1n) is 5.85. The van der Waals surface area contributed by atoms with Crippen LogP contribution in [0.5, 0.6) is 0 Å². The average molecular weight is 229 g/mol. The van der Waals surface area contributed by atoms with Gasteiger partial charge in [-0.2, -0.15) is 0 Å². The van der Waals surface area contributed by atoms with E-state index in [9.17, 15) is 15.0 Å². The molecule has 2 heterocycles. The number of rotatable bonds is 2. The fraction of sp³-hybridized carbons (Fsp3) is 0.909. The van der Waals surface area contributed by atoms with Gasteiger partial charge in [0.05, 0.1) is 6.61 Å². The summed E-state index contributed by atoms with van der Waals surface area (Å²) in [5, 5.41) is 23.2. The van der Waals surface area contributed by atoms with Crippen LogP contribution in [-0.2, 0) is 9.53 Å². The van der Waals surface area contributed by atoms with Gasteiger partial charge in [0.2, 0.25) is 0 Å². The van der Waals surface area contributed by atoms with Gasteiger partial charge in [0.25, 0.3) is 0 Å². The molecule has 92 valence electrons. The Morgan fingerprint density at radius 3 is 2.44 bits per heavy atom. The van der Waals surface area contributed by atoms with Crippen LogP contribution >= 0.6 is 0 Å². The second-order valence-corrected chi connectivity index (χ2v) is 4.82. The summed E-state index contributed by atoms with van der Waals surface area (Å²) in [5.41, 5.74) is -2.22. The highest BCUT2D eigenvalue weighted by molar-refractivity contribution is 5.76. The Labute approximate surface area is 94.8 Å². The minimum absolute atomic E-state index is 0.152. The largest absolute Gasteiger partial charge is 0.481 e. The topological polar surface area (TPSA) is 78.8 Å². The molecule has 2 aliphatic heterocycles. The Morgan fingerprint density at radius 1 is 1.25 bits per heavy atom. The van der Waals surface area contributed by atoms with E-state index in [2.05, 4.69) is 5.32 Å². The summed E-state index contributed by atoms with van der Waals surface area (Å²) in [6, 6.07) is 0. The van der Waals surface area contributed by atoms with Crippen molar-refractivity contribution >= 4 is 5.97 Å². The summed E-state index contributed by atoms with van der Waals surface area (Å²) in [4.78, 5) is 11.5. The van der Waals surface area contributed by atoms with E-state index in [4.69, 9.17) is 4.74 Å². The normalized spacial score (nSPS) is 34.6. The van der Waals surface area contributed by atoms with E-state index >= 15 is 0 Å². The Hall–Kier alpha value is -0.650. The highest BCUT2D eigenvalue weighted by Crippen LogP contribution is 2.44. The number of nitrogens with one attached hydrogen (secondary N) is 1. The van der Waals surface area contributed by atoms with Crippen molar-refractivity contribution in [3.8, 4) is 0 Å². The van der Waals surface area contributed by atoms with Gasteiger partial charge >= 0.3 is 5.97 Å². The predicted molar refractivity (Wildman–Crippen MR) is 57.2 cm³/mol. The van der Waals surface area contributed by atoms with Crippen LogP contribution in [-0.4, -0.2) is 48.1 Å². The van der Waals surface area contributed by atoms with Gasteiger partial charge in [-0.15, -0.1) is 0 Å². The number of carboxylic acids is 1. The van der Waals surface area contributed by atoms with E-state index in [0.717, 1.165) is 6.42 Å². The van der Waals surface area contributed by atoms with Crippen molar-refractivity contribution < 1.29 is 19.7 Å². The maximum absolute atomic E-state index is 11.5. The van der Waals surface area contributed by atoms with E-state index in [0.29, 0.717) is 39.0 Å². The second kappa shape index (κ2) is 4.31. The summed E-state index contributed by atoms with van der Waals surface area (Å²) >= 11 is 0. The Bertz CT molecular complexity index is 267. The first kappa shape index (κ1) is 11.8. The van der Waals surface area contributed by atoms with Crippen LogP contribution in [0.3, 0.4) is 0 Å². The van der Waals surface area contributed by atoms with Gasteiger partial charge < -0.3 is 20.3 Å². The maximum atomic E-state index is 11.5. The average Bonchev–Trinajstić information content (AvgIpc) is 2.30. The Kier molecular flexibility index (Phi) is 3.19. The third kappa shape index (κ3) is 1.73. The van der Waals surface area contributed by atoms with Crippen molar-refractivity contribution in [1.82, 2.24) is 5.32 Å². The molecule has 2 saturated heterocycles. The lowest BCUT2D eigenvalue weighted by Gasteiger charge is -2.48. The molecule has 0 aliphatic carbocycles. The van der Waals surface area contributed by atoms with Gasteiger partial charge in [0.1, 0.15) is 11.0 Å². The number of ether oxygens (including phenoxy) is 1. The molecule has 2 rings (SSSR count). The lowest BCUT2D eigenvalue weighted by Crippen LogP contribution is -2.61. The van der Waals surface area contributed by atoms with Crippen LogP contribution in [0.25, 0.3) is 0 Å². The first-order chi connectivity index (χ1) is 7.61. The molecule has 0 bridgehead atoms. The highest BCUT2D eigenvalue weighted by Gasteiger charge is 2.56. The zero-order valence-corrected chi connectivity index (χ0v) is 9.37. The maximum Gasteiger partial charge on any atom is 0.312 e. The van der Waals surface area contributed by atoms with Gasteiger partial charge in [-0.3, -0.25) is 4.79 Å². The van der Waals surface area contributed by atoms with Crippen LogP contribution in [0.4, 0.5) is 0 Å². The lowest BCUT2D eigenvalue weighted by atomic mass is 9.64. The van der Waals surface area contributed by atoms with Crippen molar-refractivity contribution in [3.63, 3.8) is 0 Å². The molecule has 2 aliphatic rings. The van der Waals surface area contributed by atoms with E-state index in [1.54, 1.807) is 0 Å². The molecule has 1 unspecified atom stereocenters. The second-order valence-electron chi connectivity index (χ2n) is 4.82. The van der Waals surface area contributed by atoms with Crippen molar-refractivity contribution in [3.05, 3.63) is 0 Å². The summed E-state index contributed by atoms with van der Waals surface area (Å²) in [6.07, 6.45) is 2.21. The summed E-state index contributed by atoms with van der Waals surface area (Å²) < 4.78 is 5.28. The van der Waals surface area contributed by atoms with Gasteiger partial charge in [0.15, 0.2) is 0 Å². The van der Waals surface area contributed by atoms with Crippen LogP contribution in [0.2, 0.25) is 0 Å². The predicted octanol–water partition coefficient (Wildman–Crippen LogP) is -0.0177.